The molecule has 27 heavy (non-hydrogen) atoms. The number of rotatable bonds is 7. The third-order valence-corrected chi connectivity index (χ3v) is 5.65. The molecule has 0 aliphatic heterocycles. The van der Waals surface area contributed by atoms with Crippen LogP contribution in [0.25, 0.3) is 10.9 Å². The molecule has 1 aliphatic carbocycles. The number of aromatic nitrogens is 1. The standard InChI is InChI=1S/C23H28N2O2/c1-2-13-25(18-9-10-19-17(16-18)5-3-7-22(19)26)14-15-27-23-8-4-6-21-20(23)11-12-24-21/h3-8,11-12,18,24,26H,2,9-10,13-16H2,1H3. The van der Waals surface area contributed by atoms with E-state index in [2.05, 4.69) is 35.0 Å². The molecule has 0 bridgehead atoms. The second kappa shape index (κ2) is 8.05. The first-order valence-electron chi connectivity index (χ1n) is 9.99. The monoisotopic (exact) mass is 364 g/mol. The maximum absolute atomic E-state index is 10.1. The summed E-state index contributed by atoms with van der Waals surface area (Å²) in [5, 5.41) is 11.2. The summed E-state index contributed by atoms with van der Waals surface area (Å²) in [5.41, 5.74) is 3.55. The topological polar surface area (TPSA) is 48.5 Å². The number of aromatic hydroxyl groups is 1. The predicted octanol–water partition coefficient (Wildman–Crippen LogP) is 4.52. The number of nitrogens with one attached hydrogen (secondary N) is 1. The van der Waals surface area contributed by atoms with Crippen molar-refractivity contribution in [1.29, 1.82) is 0 Å². The van der Waals surface area contributed by atoms with Crippen molar-refractivity contribution in [2.45, 2.75) is 38.6 Å². The van der Waals surface area contributed by atoms with Gasteiger partial charge in [-0.1, -0.05) is 25.1 Å². The Morgan fingerprint density at radius 1 is 1.15 bits per heavy atom. The highest BCUT2D eigenvalue weighted by Crippen LogP contribution is 2.31. The third-order valence-electron chi connectivity index (χ3n) is 5.65. The minimum atomic E-state index is 0.455. The van der Waals surface area contributed by atoms with Crippen molar-refractivity contribution in [2.24, 2.45) is 0 Å². The molecule has 0 saturated heterocycles. The summed E-state index contributed by atoms with van der Waals surface area (Å²) in [6.45, 7) is 4.93. The molecule has 1 aliphatic rings. The van der Waals surface area contributed by atoms with Crippen molar-refractivity contribution in [2.75, 3.05) is 19.7 Å². The molecule has 2 aromatic carbocycles. The smallest absolute Gasteiger partial charge is 0.128 e. The van der Waals surface area contributed by atoms with E-state index in [1.165, 1.54) is 5.56 Å². The van der Waals surface area contributed by atoms with E-state index in [0.717, 1.165) is 61.0 Å². The van der Waals surface area contributed by atoms with Crippen LogP contribution in [0.2, 0.25) is 0 Å². The van der Waals surface area contributed by atoms with Gasteiger partial charge in [-0.2, -0.15) is 0 Å². The number of hydrogen-bond donors (Lipinski definition) is 2. The molecule has 1 heterocycles. The maximum atomic E-state index is 10.1. The van der Waals surface area contributed by atoms with Gasteiger partial charge in [-0.3, -0.25) is 4.90 Å². The first-order valence-corrected chi connectivity index (χ1v) is 9.99. The Morgan fingerprint density at radius 2 is 2.04 bits per heavy atom. The molecule has 4 heteroatoms. The van der Waals surface area contributed by atoms with Crippen LogP contribution in [0.3, 0.4) is 0 Å². The zero-order valence-electron chi connectivity index (χ0n) is 15.9. The highest BCUT2D eigenvalue weighted by molar-refractivity contribution is 5.85. The van der Waals surface area contributed by atoms with E-state index in [0.29, 0.717) is 18.4 Å². The average Bonchev–Trinajstić information content (AvgIpc) is 3.17. The molecule has 142 valence electrons. The van der Waals surface area contributed by atoms with Crippen LogP contribution >= 0.6 is 0 Å². The number of phenols is 1. The van der Waals surface area contributed by atoms with Crippen LogP contribution < -0.4 is 4.74 Å². The molecule has 0 amide bonds. The Hall–Kier alpha value is -2.46. The van der Waals surface area contributed by atoms with E-state index < -0.39 is 0 Å². The highest BCUT2D eigenvalue weighted by Gasteiger charge is 2.25. The lowest BCUT2D eigenvalue weighted by molar-refractivity contribution is 0.147. The largest absolute Gasteiger partial charge is 0.508 e. The average molecular weight is 364 g/mol. The Kier molecular flexibility index (Phi) is 5.35. The van der Waals surface area contributed by atoms with Gasteiger partial charge in [0.2, 0.25) is 0 Å². The number of H-pyrrole nitrogens is 1. The summed E-state index contributed by atoms with van der Waals surface area (Å²) in [6, 6.07) is 14.7. The Morgan fingerprint density at radius 3 is 2.93 bits per heavy atom. The van der Waals surface area contributed by atoms with Gasteiger partial charge in [0.1, 0.15) is 18.1 Å². The van der Waals surface area contributed by atoms with Crippen molar-refractivity contribution < 1.29 is 9.84 Å². The normalized spacial score (nSPS) is 16.6. The van der Waals surface area contributed by atoms with E-state index >= 15 is 0 Å². The fourth-order valence-electron chi connectivity index (χ4n) is 4.30. The number of phenolic OH excluding ortho intramolecular Hbond substituents is 1. The van der Waals surface area contributed by atoms with Crippen molar-refractivity contribution in [3.63, 3.8) is 0 Å². The molecule has 1 aromatic heterocycles. The number of hydrogen-bond acceptors (Lipinski definition) is 3. The summed E-state index contributed by atoms with van der Waals surface area (Å²) < 4.78 is 6.13. The number of ether oxygens (including phenoxy) is 1. The van der Waals surface area contributed by atoms with Crippen LogP contribution in [0.1, 0.15) is 30.9 Å². The Labute approximate surface area is 160 Å². The SMILES string of the molecule is CCCN(CCOc1cccc2[nH]ccc12)C1CCc2c(O)cccc2C1. The van der Waals surface area contributed by atoms with Crippen molar-refractivity contribution >= 4 is 10.9 Å². The molecule has 0 fully saturated rings. The molecule has 3 aromatic rings. The van der Waals surface area contributed by atoms with Gasteiger partial charge in [0.25, 0.3) is 0 Å². The van der Waals surface area contributed by atoms with E-state index in [-0.39, 0.29) is 0 Å². The summed E-state index contributed by atoms with van der Waals surface area (Å²) in [5.74, 6) is 1.40. The molecule has 1 atom stereocenters. The van der Waals surface area contributed by atoms with E-state index in [1.54, 1.807) is 6.07 Å². The molecule has 0 radical (unpaired) electrons. The minimum Gasteiger partial charge on any atom is -0.508 e. The van der Waals surface area contributed by atoms with Gasteiger partial charge in [-0.15, -0.1) is 0 Å². The molecule has 0 spiro atoms. The lowest BCUT2D eigenvalue weighted by Crippen LogP contribution is -2.42. The fourth-order valence-corrected chi connectivity index (χ4v) is 4.30. The summed E-state index contributed by atoms with van der Waals surface area (Å²) in [4.78, 5) is 5.79. The second-order valence-electron chi connectivity index (χ2n) is 7.39. The van der Waals surface area contributed by atoms with Crippen molar-refractivity contribution in [3.05, 3.63) is 59.8 Å². The van der Waals surface area contributed by atoms with Gasteiger partial charge >= 0.3 is 0 Å². The van der Waals surface area contributed by atoms with Crippen LogP contribution in [0.4, 0.5) is 0 Å². The molecular formula is C23H28N2O2. The molecule has 2 N–H and O–H groups in total. The number of benzene rings is 2. The first-order chi connectivity index (χ1) is 13.3. The molecule has 4 nitrogen and oxygen atoms in total. The van der Waals surface area contributed by atoms with Crippen LogP contribution in [0.5, 0.6) is 11.5 Å². The maximum Gasteiger partial charge on any atom is 0.128 e. The van der Waals surface area contributed by atoms with Crippen LogP contribution in [-0.2, 0) is 12.8 Å². The van der Waals surface area contributed by atoms with E-state index in [4.69, 9.17) is 4.74 Å². The van der Waals surface area contributed by atoms with Gasteiger partial charge in [-0.25, -0.2) is 0 Å². The van der Waals surface area contributed by atoms with Crippen LogP contribution in [0, 0.1) is 0 Å². The molecular weight excluding hydrogens is 336 g/mol. The van der Waals surface area contributed by atoms with Crippen LogP contribution in [-0.4, -0.2) is 40.7 Å². The summed E-state index contributed by atoms with van der Waals surface area (Å²) >= 11 is 0. The third kappa shape index (κ3) is 3.81. The quantitative estimate of drug-likeness (QED) is 0.648. The van der Waals surface area contributed by atoms with E-state index in [1.807, 2.05) is 24.4 Å². The van der Waals surface area contributed by atoms with Crippen molar-refractivity contribution in [3.8, 4) is 11.5 Å². The number of aromatic amines is 1. The zero-order valence-corrected chi connectivity index (χ0v) is 15.9. The predicted molar refractivity (Wildman–Crippen MR) is 110 cm³/mol. The Balaban J connectivity index is 1.40. The van der Waals surface area contributed by atoms with Gasteiger partial charge in [0.15, 0.2) is 0 Å². The van der Waals surface area contributed by atoms with E-state index in [9.17, 15) is 5.11 Å². The van der Waals surface area contributed by atoms with Crippen molar-refractivity contribution in [1.82, 2.24) is 9.88 Å². The van der Waals surface area contributed by atoms with Gasteiger partial charge in [0, 0.05) is 29.7 Å². The first kappa shape index (κ1) is 17.9. The molecule has 1 unspecified atom stereocenters. The highest BCUT2D eigenvalue weighted by atomic mass is 16.5. The fraction of sp³-hybridized carbons (Fsp3) is 0.391. The number of fused-ring (bicyclic) bond motifs is 2. The number of nitrogens with zero attached hydrogens (tertiary/aromatic N) is 1. The lowest BCUT2D eigenvalue weighted by Gasteiger charge is -2.35. The summed E-state index contributed by atoms with van der Waals surface area (Å²) in [6.07, 6.45) is 6.15. The van der Waals surface area contributed by atoms with Gasteiger partial charge in [0.05, 0.1) is 0 Å². The van der Waals surface area contributed by atoms with Gasteiger partial charge < -0.3 is 14.8 Å². The second-order valence-corrected chi connectivity index (χ2v) is 7.39. The zero-order chi connectivity index (χ0) is 18.6. The van der Waals surface area contributed by atoms with Gasteiger partial charge in [-0.05, 0) is 67.6 Å². The molecule has 4 rings (SSSR count). The lowest BCUT2D eigenvalue weighted by atomic mass is 9.87. The Bertz CT molecular complexity index is 902. The summed E-state index contributed by atoms with van der Waals surface area (Å²) in [7, 11) is 0. The minimum absolute atomic E-state index is 0.455. The molecule has 0 saturated carbocycles. The van der Waals surface area contributed by atoms with Crippen LogP contribution in [0.15, 0.2) is 48.7 Å².